The van der Waals surface area contributed by atoms with Crippen LogP contribution in [0.15, 0.2) is 12.3 Å². The van der Waals surface area contributed by atoms with E-state index in [9.17, 15) is 4.79 Å². The average Bonchev–Trinajstić information content (AvgIpc) is 2.80. The Morgan fingerprint density at radius 2 is 2.05 bits per heavy atom. The predicted octanol–water partition coefficient (Wildman–Crippen LogP) is 3.89. The Bertz CT molecular complexity index is 464. The van der Waals surface area contributed by atoms with Crippen LogP contribution in [-0.4, -0.2) is 33.2 Å². The first-order valence-corrected chi connectivity index (χ1v) is 8.35. The lowest BCUT2D eigenvalue weighted by Crippen LogP contribution is -2.41. The van der Waals surface area contributed by atoms with E-state index in [1.165, 1.54) is 12.8 Å². The van der Waals surface area contributed by atoms with E-state index >= 15 is 0 Å². The third-order valence-corrected chi connectivity index (χ3v) is 4.24. The first-order chi connectivity index (χ1) is 9.99. The molecule has 0 saturated carbocycles. The van der Waals surface area contributed by atoms with Crippen LogP contribution >= 0.6 is 0 Å². The van der Waals surface area contributed by atoms with E-state index in [0.29, 0.717) is 23.7 Å². The average molecular weight is 291 g/mol. The molecule has 4 nitrogen and oxygen atoms in total. The van der Waals surface area contributed by atoms with Gasteiger partial charge >= 0.3 is 0 Å². The molecule has 0 spiro atoms. The van der Waals surface area contributed by atoms with E-state index in [-0.39, 0.29) is 5.91 Å². The summed E-state index contributed by atoms with van der Waals surface area (Å²) in [6.07, 6.45) is 7.73. The minimum atomic E-state index is 0.113. The number of hydrogen-bond donors (Lipinski definition) is 0. The summed E-state index contributed by atoms with van der Waals surface area (Å²) in [7, 11) is 0. The number of nitrogens with zero attached hydrogens (tertiary/aromatic N) is 3. The lowest BCUT2D eigenvalue weighted by molar-refractivity contribution is 0.0654. The van der Waals surface area contributed by atoms with Crippen molar-refractivity contribution in [1.82, 2.24) is 14.7 Å². The van der Waals surface area contributed by atoms with Crippen molar-refractivity contribution in [2.45, 2.75) is 71.9 Å². The van der Waals surface area contributed by atoms with E-state index < -0.39 is 0 Å². The van der Waals surface area contributed by atoms with E-state index in [2.05, 4.69) is 37.7 Å². The Balaban J connectivity index is 2.15. The van der Waals surface area contributed by atoms with Gasteiger partial charge in [-0.15, -0.1) is 0 Å². The first-order valence-electron chi connectivity index (χ1n) is 8.35. The summed E-state index contributed by atoms with van der Waals surface area (Å²) in [5, 5.41) is 4.45. The molecule has 1 aliphatic rings. The summed E-state index contributed by atoms with van der Waals surface area (Å²) in [6.45, 7) is 9.51. The summed E-state index contributed by atoms with van der Waals surface area (Å²) >= 11 is 0. The van der Waals surface area contributed by atoms with Gasteiger partial charge in [0.25, 0.3) is 5.91 Å². The van der Waals surface area contributed by atoms with Gasteiger partial charge in [0, 0.05) is 24.8 Å². The molecule has 0 radical (unpaired) electrons. The van der Waals surface area contributed by atoms with Crippen LogP contribution < -0.4 is 0 Å². The molecule has 118 valence electrons. The van der Waals surface area contributed by atoms with Gasteiger partial charge in [0.1, 0.15) is 5.69 Å². The second kappa shape index (κ2) is 7.10. The van der Waals surface area contributed by atoms with Crippen molar-refractivity contribution in [3.05, 3.63) is 18.0 Å². The van der Waals surface area contributed by atoms with Gasteiger partial charge < -0.3 is 4.90 Å². The molecule has 2 rings (SSSR count). The summed E-state index contributed by atoms with van der Waals surface area (Å²) in [6, 6.07) is 2.53. The number of amides is 1. The maximum absolute atomic E-state index is 12.8. The number of likely N-dealkylation sites (tertiary alicyclic amines) is 1. The maximum Gasteiger partial charge on any atom is 0.274 e. The Hall–Kier alpha value is -1.32. The summed E-state index contributed by atoms with van der Waals surface area (Å²) in [5.74, 6) is 0.735. The second-order valence-electron chi connectivity index (χ2n) is 6.91. The number of hydrogen-bond acceptors (Lipinski definition) is 2. The van der Waals surface area contributed by atoms with Crippen LogP contribution in [0, 0.1) is 5.92 Å². The van der Waals surface area contributed by atoms with Crippen molar-refractivity contribution in [1.29, 1.82) is 0 Å². The van der Waals surface area contributed by atoms with Crippen LogP contribution in [0.3, 0.4) is 0 Å². The Labute approximate surface area is 128 Å². The fourth-order valence-corrected chi connectivity index (χ4v) is 3.12. The highest BCUT2D eigenvalue weighted by atomic mass is 16.2. The molecule has 0 aliphatic carbocycles. The van der Waals surface area contributed by atoms with Gasteiger partial charge in [-0.3, -0.25) is 9.48 Å². The number of carbonyl (C=O) groups is 1. The van der Waals surface area contributed by atoms with E-state index in [0.717, 1.165) is 25.8 Å². The van der Waals surface area contributed by atoms with Crippen molar-refractivity contribution >= 4 is 5.91 Å². The van der Waals surface area contributed by atoms with Gasteiger partial charge in [0.2, 0.25) is 0 Å². The molecule has 1 saturated heterocycles. The summed E-state index contributed by atoms with van der Waals surface area (Å²) in [4.78, 5) is 14.9. The molecule has 1 aromatic heterocycles. The highest BCUT2D eigenvalue weighted by molar-refractivity contribution is 5.92. The molecule has 1 fully saturated rings. The monoisotopic (exact) mass is 291 g/mol. The molecule has 1 atom stereocenters. The number of carbonyl (C=O) groups excluding carboxylic acids is 1. The standard InChI is InChI=1S/C17H29N3O/c1-13(2)12-15-8-6-5-7-10-19(15)17(21)16-9-11-20(18-16)14(3)4/h9,11,13-15H,5-8,10,12H2,1-4H3/t15-/m1/s1. The lowest BCUT2D eigenvalue weighted by Gasteiger charge is -2.30. The molecule has 1 amide bonds. The molecule has 4 heteroatoms. The fraction of sp³-hybridized carbons (Fsp3) is 0.765. The third-order valence-electron chi connectivity index (χ3n) is 4.24. The van der Waals surface area contributed by atoms with Crippen LogP contribution in [0.4, 0.5) is 0 Å². The van der Waals surface area contributed by atoms with Gasteiger partial charge in [-0.25, -0.2) is 0 Å². The zero-order valence-corrected chi connectivity index (χ0v) is 13.9. The first kappa shape index (κ1) is 16.1. The van der Waals surface area contributed by atoms with Crippen molar-refractivity contribution in [3.8, 4) is 0 Å². The quantitative estimate of drug-likeness (QED) is 0.844. The second-order valence-corrected chi connectivity index (χ2v) is 6.91. The minimum Gasteiger partial charge on any atom is -0.334 e. The van der Waals surface area contributed by atoms with Crippen molar-refractivity contribution in [3.63, 3.8) is 0 Å². The van der Waals surface area contributed by atoms with Gasteiger partial charge in [0.15, 0.2) is 0 Å². The topological polar surface area (TPSA) is 38.1 Å². The molecule has 0 N–H and O–H groups in total. The molecule has 21 heavy (non-hydrogen) atoms. The van der Waals surface area contributed by atoms with Crippen LogP contribution in [0.2, 0.25) is 0 Å². The van der Waals surface area contributed by atoms with E-state index in [4.69, 9.17) is 0 Å². The zero-order chi connectivity index (χ0) is 15.4. The van der Waals surface area contributed by atoms with Gasteiger partial charge in [-0.1, -0.05) is 26.7 Å². The zero-order valence-electron chi connectivity index (χ0n) is 13.9. The summed E-state index contributed by atoms with van der Waals surface area (Å²) in [5.41, 5.74) is 0.597. The molecule has 0 bridgehead atoms. The van der Waals surface area contributed by atoms with Crippen molar-refractivity contribution < 1.29 is 4.79 Å². The Morgan fingerprint density at radius 3 is 2.67 bits per heavy atom. The molecule has 1 aliphatic heterocycles. The van der Waals surface area contributed by atoms with Crippen LogP contribution in [0.1, 0.15) is 76.3 Å². The van der Waals surface area contributed by atoms with E-state index in [1.807, 2.05) is 16.9 Å². The number of rotatable bonds is 4. The van der Waals surface area contributed by atoms with Gasteiger partial charge in [-0.2, -0.15) is 5.10 Å². The minimum absolute atomic E-state index is 0.113. The number of aromatic nitrogens is 2. The van der Waals surface area contributed by atoms with Crippen molar-refractivity contribution in [2.24, 2.45) is 5.92 Å². The van der Waals surface area contributed by atoms with Crippen molar-refractivity contribution in [2.75, 3.05) is 6.54 Å². The highest BCUT2D eigenvalue weighted by Gasteiger charge is 2.28. The smallest absolute Gasteiger partial charge is 0.274 e. The Kier molecular flexibility index (Phi) is 5.43. The predicted molar refractivity (Wildman–Crippen MR) is 85.4 cm³/mol. The highest BCUT2D eigenvalue weighted by Crippen LogP contribution is 2.24. The molecule has 0 unspecified atom stereocenters. The molecule has 2 heterocycles. The normalized spacial score (nSPS) is 20.1. The van der Waals surface area contributed by atoms with Crippen LogP contribution in [-0.2, 0) is 0 Å². The maximum atomic E-state index is 12.8. The van der Waals surface area contributed by atoms with Gasteiger partial charge in [-0.05, 0) is 45.1 Å². The SMILES string of the molecule is CC(C)C[C@H]1CCCCCN1C(=O)c1ccn(C(C)C)n1. The largest absolute Gasteiger partial charge is 0.334 e. The van der Waals surface area contributed by atoms with Crippen LogP contribution in [0.25, 0.3) is 0 Å². The Morgan fingerprint density at radius 1 is 1.29 bits per heavy atom. The van der Waals surface area contributed by atoms with Crippen LogP contribution in [0.5, 0.6) is 0 Å². The lowest BCUT2D eigenvalue weighted by atomic mass is 9.98. The van der Waals surface area contributed by atoms with E-state index in [1.54, 1.807) is 0 Å². The molecule has 1 aromatic rings. The molecular weight excluding hydrogens is 262 g/mol. The fourth-order valence-electron chi connectivity index (χ4n) is 3.12. The van der Waals surface area contributed by atoms with Gasteiger partial charge in [0.05, 0.1) is 0 Å². The third kappa shape index (κ3) is 4.08. The molecular formula is C17H29N3O. The summed E-state index contributed by atoms with van der Waals surface area (Å²) < 4.78 is 1.86. The molecule has 0 aromatic carbocycles.